The maximum Gasteiger partial charge on any atom is 0.213 e. The lowest BCUT2D eigenvalue weighted by Gasteiger charge is -2.37. The fraction of sp³-hybridized carbons (Fsp3) is 0.667. The second-order valence-electron chi connectivity index (χ2n) is 7.87. The van der Waals surface area contributed by atoms with E-state index in [2.05, 4.69) is 37.0 Å². The van der Waals surface area contributed by atoms with E-state index in [1.807, 2.05) is 19.1 Å². The van der Waals surface area contributed by atoms with Crippen molar-refractivity contribution in [2.45, 2.75) is 26.2 Å². The smallest absolute Gasteiger partial charge is 0.213 e. The number of piperazine rings is 1. The van der Waals surface area contributed by atoms with Gasteiger partial charge in [0.2, 0.25) is 10.0 Å². The van der Waals surface area contributed by atoms with E-state index < -0.39 is 10.0 Å². The van der Waals surface area contributed by atoms with Gasteiger partial charge in [0.15, 0.2) is 5.96 Å². The summed E-state index contributed by atoms with van der Waals surface area (Å²) < 4.78 is 32.4. The first-order valence-corrected chi connectivity index (χ1v) is 12.6. The number of ether oxygens (including phenoxy) is 1. The molecule has 0 radical (unpaired) electrons. The molecule has 2 fully saturated rings. The summed E-state index contributed by atoms with van der Waals surface area (Å²) in [6.45, 7) is 7.07. The molecule has 168 valence electrons. The van der Waals surface area contributed by atoms with Crippen molar-refractivity contribution in [3.05, 3.63) is 24.3 Å². The highest BCUT2D eigenvalue weighted by atomic mass is 32.2. The molecule has 1 aliphatic carbocycles. The normalized spacial score (nSPS) is 18.3. The van der Waals surface area contributed by atoms with Gasteiger partial charge in [0.25, 0.3) is 0 Å². The second-order valence-corrected chi connectivity index (χ2v) is 9.80. The molecule has 2 N–H and O–H groups in total. The number of hydrogen-bond acceptors (Lipinski definition) is 5. The van der Waals surface area contributed by atoms with Crippen molar-refractivity contribution in [1.82, 2.24) is 14.9 Å². The van der Waals surface area contributed by atoms with Crippen LogP contribution in [0.2, 0.25) is 0 Å². The summed E-state index contributed by atoms with van der Waals surface area (Å²) in [6.07, 6.45) is 3.48. The van der Waals surface area contributed by atoms with E-state index in [9.17, 15) is 8.42 Å². The number of anilines is 1. The van der Waals surface area contributed by atoms with Crippen molar-refractivity contribution in [3.8, 4) is 5.75 Å². The van der Waals surface area contributed by atoms with Crippen LogP contribution in [-0.4, -0.2) is 78.0 Å². The molecule has 30 heavy (non-hydrogen) atoms. The Hall–Kier alpha value is -2.00. The Morgan fingerprint density at radius 3 is 2.43 bits per heavy atom. The van der Waals surface area contributed by atoms with E-state index >= 15 is 0 Å². The molecule has 1 saturated carbocycles. The summed E-state index contributed by atoms with van der Waals surface area (Å²) in [6, 6.07) is 8.11. The van der Waals surface area contributed by atoms with E-state index in [1.165, 1.54) is 12.1 Å². The third-order valence-electron chi connectivity index (χ3n) is 5.79. The molecule has 1 saturated heterocycles. The van der Waals surface area contributed by atoms with Crippen molar-refractivity contribution in [2.75, 3.05) is 63.6 Å². The lowest BCUT2D eigenvalue weighted by Crippen LogP contribution is -2.52. The zero-order valence-electron chi connectivity index (χ0n) is 18.1. The van der Waals surface area contributed by atoms with E-state index in [-0.39, 0.29) is 12.3 Å². The SMILES string of the molecule is CCNC(=NCCS(=O)(=O)NCC1CCC1)N1CCN(c2ccc(OC)cc2)CC1. The monoisotopic (exact) mass is 437 g/mol. The molecule has 0 amide bonds. The summed E-state index contributed by atoms with van der Waals surface area (Å²) in [5, 5.41) is 3.30. The van der Waals surface area contributed by atoms with Crippen LogP contribution in [0.25, 0.3) is 0 Å². The maximum atomic E-state index is 12.2. The fourth-order valence-corrected chi connectivity index (χ4v) is 4.65. The Balaban J connectivity index is 1.49. The molecule has 1 aromatic rings. The van der Waals surface area contributed by atoms with E-state index in [4.69, 9.17) is 4.74 Å². The van der Waals surface area contributed by atoms with Gasteiger partial charge in [0.1, 0.15) is 5.75 Å². The van der Waals surface area contributed by atoms with Crippen LogP contribution in [0.15, 0.2) is 29.3 Å². The van der Waals surface area contributed by atoms with Crippen molar-refractivity contribution in [1.29, 1.82) is 0 Å². The van der Waals surface area contributed by atoms with Gasteiger partial charge < -0.3 is 19.9 Å². The average Bonchev–Trinajstić information content (AvgIpc) is 2.72. The van der Waals surface area contributed by atoms with Gasteiger partial charge in [0.05, 0.1) is 19.4 Å². The highest BCUT2D eigenvalue weighted by molar-refractivity contribution is 7.89. The molecule has 0 spiro atoms. The van der Waals surface area contributed by atoms with Crippen LogP contribution in [0.3, 0.4) is 0 Å². The lowest BCUT2D eigenvalue weighted by atomic mass is 9.86. The summed E-state index contributed by atoms with van der Waals surface area (Å²) in [7, 11) is -1.59. The quantitative estimate of drug-likeness (QED) is 0.450. The summed E-state index contributed by atoms with van der Waals surface area (Å²) >= 11 is 0. The number of sulfonamides is 1. The van der Waals surface area contributed by atoms with Crippen LogP contribution in [0.1, 0.15) is 26.2 Å². The van der Waals surface area contributed by atoms with Crippen molar-refractivity contribution >= 4 is 21.7 Å². The molecule has 3 rings (SSSR count). The summed E-state index contributed by atoms with van der Waals surface area (Å²) in [4.78, 5) is 9.13. The number of methoxy groups -OCH3 is 1. The Morgan fingerprint density at radius 1 is 1.17 bits per heavy atom. The number of guanidine groups is 1. The van der Waals surface area contributed by atoms with Crippen LogP contribution >= 0.6 is 0 Å². The van der Waals surface area contributed by atoms with Gasteiger partial charge in [-0.15, -0.1) is 0 Å². The molecule has 1 aromatic carbocycles. The Morgan fingerprint density at radius 2 is 1.87 bits per heavy atom. The third-order valence-corrected chi connectivity index (χ3v) is 7.12. The Bertz CT molecular complexity index is 785. The molecule has 0 unspecified atom stereocenters. The molecule has 9 heteroatoms. The lowest BCUT2D eigenvalue weighted by molar-refractivity contribution is 0.316. The number of rotatable bonds is 9. The predicted molar refractivity (Wildman–Crippen MR) is 122 cm³/mol. The van der Waals surface area contributed by atoms with Crippen molar-refractivity contribution < 1.29 is 13.2 Å². The molecule has 0 bridgehead atoms. The first kappa shape index (κ1) is 22.7. The first-order valence-electron chi connectivity index (χ1n) is 10.9. The molecule has 1 heterocycles. The first-order chi connectivity index (χ1) is 14.5. The molecule has 1 aliphatic heterocycles. The van der Waals surface area contributed by atoms with Crippen LogP contribution in [0.5, 0.6) is 5.75 Å². The summed E-state index contributed by atoms with van der Waals surface area (Å²) in [5.74, 6) is 2.19. The van der Waals surface area contributed by atoms with Gasteiger partial charge in [-0.25, -0.2) is 13.1 Å². The minimum absolute atomic E-state index is 0.0282. The number of hydrogen-bond donors (Lipinski definition) is 2. The second kappa shape index (κ2) is 10.9. The van der Waals surface area contributed by atoms with Crippen LogP contribution in [0, 0.1) is 5.92 Å². The zero-order chi connectivity index (χ0) is 21.4. The molecule has 0 aromatic heterocycles. The van der Waals surface area contributed by atoms with E-state index in [0.29, 0.717) is 12.5 Å². The van der Waals surface area contributed by atoms with Gasteiger partial charge in [-0.05, 0) is 49.9 Å². The predicted octanol–water partition coefficient (Wildman–Crippen LogP) is 1.50. The fourth-order valence-electron chi connectivity index (χ4n) is 3.68. The van der Waals surface area contributed by atoms with Gasteiger partial charge in [0, 0.05) is 45.0 Å². The number of benzene rings is 1. The van der Waals surface area contributed by atoms with Crippen LogP contribution in [-0.2, 0) is 10.0 Å². The molecular weight excluding hydrogens is 402 g/mol. The van der Waals surface area contributed by atoms with Gasteiger partial charge in [-0.2, -0.15) is 0 Å². The van der Waals surface area contributed by atoms with Gasteiger partial charge in [-0.3, -0.25) is 4.99 Å². The maximum absolute atomic E-state index is 12.2. The van der Waals surface area contributed by atoms with Gasteiger partial charge >= 0.3 is 0 Å². The van der Waals surface area contributed by atoms with Crippen LogP contribution in [0.4, 0.5) is 5.69 Å². The van der Waals surface area contributed by atoms with Gasteiger partial charge in [-0.1, -0.05) is 6.42 Å². The topological polar surface area (TPSA) is 86.3 Å². The van der Waals surface area contributed by atoms with Crippen molar-refractivity contribution in [2.24, 2.45) is 10.9 Å². The highest BCUT2D eigenvalue weighted by Gasteiger charge is 2.21. The third kappa shape index (κ3) is 6.50. The summed E-state index contributed by atoms with van der Waals surface area (Å²) in [5.41, 5.74) is 1.18. The van der Waals surface area contributed by atoms with E-state index in [0.717, 1.165) is 57.3 Å². The molecule has 2 aliphatic rings. The average molecular weight is 438 g/mol. The number of nitrogens with zero attached hydrogens (tertiary/aromatic N) is 3. The minimum atomic E-state index is -3.27. The Kier molecular flexibility index (Phi) is 8.21. The minimum Gasteiger partial charge on any atom is -0.497 e. The molecule has 8 nitrogen and oxygen atoms in total. The van der Waals surface area contributed by atoms with Crippen molar-refractivity contribution in [3.63, 3.8) is 0 Å². The van der Waals surface area contributed by atoms with E-state index in [1.54, 1.807) is 7.11 Å². The molecular formula is C21H35N5O3S. The zero-order valence-corrected chi connectivity index (χ0v) is 19.0. The van der Waals surface area contributed by atoms with Crippen LogP contribution < -0.4 is 19.7 Å². The largest absolute Gasteiger partial charge is 0.497 e. The standard InChI is InChI=1S/C21H35N5O3S/c1-3-22-21(23-11-16-30(27,28)24-17-18-5-4-6-18)26-14-12-25(13-15-26)19-7-9-20(29-2)10-8-19/h7-10,18,24H,3-6,11-17H2,1-2H3,(H,22,23). The molecule has 0 atom stereocenters. The number of aliphatic imine (C=N–C) groups is 1. The Labute approximate surface area is 180 Å². The highest BCUT2D eigenvalue weighted by Crippen LogP contribution is 2.25. The number of nitrogens with one attached hydrogen (secondary N) is 2.